The Labute approximate surface area is 152 Å². The van der Waals surface area contributed by atoms with Gasteiger partial charge in [-0.05, 0) is 30.0 Å². The van der Waals surface area contributed by atoms with Gasteiger partial charge in [-0.3, -0.25) is 4.79 Å². The second-order valence-corrected chi connectivity index (χ2v) is 6.86. The molecule has 2 rings (SSSR count). The molecule has 1 heterocycles. The zero-order chi connectivity index (χ0) is 18.2. The van der Waals surface area contributed by atoms with E-state index in [2.05, 4.69) is 29.4 Å². The molecular weight excluding hydrogens is 338 g/mol. The lowest BCUT2D eigenvalue weighted by atomic mass is 10.0. The topological polar surface area (TPSA) is 95.1 Å². The average molecular weight is 363 g/mol. The van der Waals surface area contributed by atoms with Crippen LogP contribution >= 0.6 is 11.8 Å². The highest BCUT2D eigenvalue weighted by atomic mass is 32.2. The highest BCUT2D eigenvalue weighted by Crippen LogP contribution is 2.20. The molecule has 3 N–H and O–H groups in total. The van der Waals surface area contributed by atoms with Gasteiger partial charge in [-0.1, -0.05) is 44.7 Å². The molecule has 0 fully saturated rings. The van der Waals surface area contributed by atoms with Gasteiger partial charge in [-0.15, -0.1) is 10.2 Å². The van der Waals surface area contributed by atoms with Gasteiger partial charge in [0.05, 0.1) is 5.75 Å². The summed E-state index contributed by atoms with van der Waals surface area (Å²) in [7, 11) is 0. The number of nitrogens with two attached hydrogens (primary N) is 1. The Kier molecular flexibility index (Phi) is 7.12. The fraction of sp³-hybridized carbons (Fsp3) is 0.471. The fourth-order valence-electron chi connectivity index (χ4n) is 2.05. The van der Waals surface area contributed by atoms with Crippen LogP contribution in [0.4, 0.5) is 0 Å². The van der Waals surface area contributed by atoms with Gasteiger partial charge >= 0.3 is 0 Å². The van der Waals surface area contributed by atoms with Gasteiger partial charge in [0.25, 0.3) is 0 Å². The highest BCUT2D eigenvalue weighted by Gasteiger charge is 2.12. The second kappa shape index (κ2) is 9.31. The van der Waals surface area contributed by atoms with E-state index in [9.17, 15) is 4.79 Å². The molecule has 0 aliphatic heterocycles. The smallest absolute Gasteiger partial charge is 0.230 e. The number of thioether (sulfide) groups is 1. The van der Waals surface area contributed by atoms with Crippen LogP contribution in [0.15, 0.2) is 29.4 Å². The molecule has 0 unspecified atom stereocenters. The molecule has 136 valence electrons. The van der Waals surface area contributed by atoms with E-state index in [1.807, 2.05) is 31.2 Å². The normalized spacial score (nSPS) is 10.9. The third kappa shape index (κ3) is 5.67. The van der Waals surface area contributed by atoms with Gasteiger partial charge in [0.15, 0.2) is 5.82 Å². The van der Waals surface area contributed by atoms with E-state index in [4.69, 9.17) is 10.6 Å². The number of carbonyl (C=O) groups excluding carboxylic acids is 1. The Balaban J connectivity index is 1.87. The van der Waals surface area contributed by atoms with Crippen molar-refractivity contribution >= 4 is 17.7 Å². The lowest BCUT2D eigenvalue weighted by Crippen LogP contribution is -2.26. The Hall–Kier alpha value is -2.22. The average Bonchev–Trinajstić information content (AvgIpc) is 2.96. The summed E-state index contributed by atoms with van der Waals surface area (Å²) >= 11 is 1.25. The maximum atomic E-state index is 11.6. The third-order valence-electron chi connectivity index (χ3n) is 3.55. The van der Waals surface area contributed by atoms with Crippen molar-refractivity contribution in [1.29, 1.82) is 0 Å². The number of benzene rings is 1. The predicted octanol–water partition coefficient (Wildman–Crippen LogP) is 2.31. The van der Waals surface area contributed by atoms with E-state index in [1.54, 1.807) is 0 Å². The maximum absolute atomic E-state index is 11.6. The molecule has 2 aromatic rings. The number of nitrogens with zero attached hydrogens (tertiary/aromatic N) is 3. The van der Waals surface area contributed by atoms with Crippen molar-refractivity contribution in [2.24, 2.45) is 0 Å². The summed E-state index contributed by atoms with van der Waals surface area (Å²) in [6.07, 6.45) is 0.906. The maximum Gasteiger partial charge on any atom is 0.230 e. The molecule has 0 saturated carbocycles. The summed E-state index contributed by atoms with van der Waals surface area (Å²) in [6, 6.07) is 7.95. The van der Waals surface area contributed by atoms with Crippen molar-refractivity contribution in [2.75, 3.05) is 18.1 Å². The summed E-state index contributed by atoms with van der Waals surface area (Å²) in [5.74, 6) is 7.93. The third-order valence-corrected chi connectivity index (χ3v) is 4.50. The lowest BCUT2D eigenvalue weighted by Gasteiger charge is -2.09. The molecule has 0 saturated heterocycles. The first-order valence-corrected chi connectivity index (χ1v) is 9.31. The molecule has 0 spiro atoms. The van der Waals surface area contributed by atoms with Crippen LogP contribution in [0.5, 0.6) is 5.75 Å². The number of hydrogen-bond acceptors (Lipinski definition) is 6. The lowest BCUT2D eigenvalue weighted by molar-refractivity contribution is -0.118. The quantitative estimate of drug-likeness (QED) is 0.524. The molecule has 8 heteroatoms. The molecule has 0 atom stereocenters. The SMILES string of the molecule is CCCNC(=O)CSc1nnc(COc2ccc(C(C)C)cc2)n1N. The zero-order valence-electron chi connectivity index (χ0n) is 14.9. The Bertz CT molecular complexity index is 685. The number of ether oxygens (including phenoxy) is 1. The first kappa shape index (κ1) is 19.1. The van der Waals surface area contributed by atoms with Gasteiger partial charge in [-0.25, -0.2) is 4.68 Å². The van der Waals surface area contributed by atoms with E-state index >= 15 is 0 Å². The standard InChI is InChI=1S/C17H25N5O2S/c1-4-9-19-16(23)11-25-17-21-20-15(22(17)18)10-24-14-7-5-13(6-8-14)12(2)3/h5-8,12H,4,9-11,18H2,1-3H3,(H,19,23). The fourth-order valence-corrected chi connectivity index (χ4v) is 2.75. The molecule has 0 radical (unpaired) electrons. The van der Waals surface area contributed by atoms with Crippen LogP contribution in [0.3, 0.4) is 0 Å². The van der Waals surface area contributed by atoms with Crippen LogP contribution in [-0.4, -0.2) is 33.1 Å². The molecule has 1 aromatic heterocycles. The number of rotatable bonds is 9. The molecule has 0 bridgehead atoms. The largest absolute Gasteiger partial charge is 0.486 e. The Morgan fingerprint density at radius 2 is 2.04 bits per heavy atom. The van der Waals surface area contributed by atoms with Crippen LogP contribution in [0.1, 0.15) is 44.5 Å². The first-order chi connectivity index (χ1) is 12.0. The van der Waals surface area contributed by atoms with Crippen molar-refractivity contribution in [3.8, 4) is 5.75 Å². The van der Waals surface area contributed by atoms with E-state index in [-0.39, 0.29) is 18.3 Å². The Morgan fingerprint density at radius 1 is 1.32 bits per heavy atom. The molecule has 25 heavy (non-hydrogen) atoms. The molecule has 7 nitrogen and oxygen atoms in total. The predicted molar refractivity (Wildman–Crippen MR) is 99.1 cm³/mol. The van der Waals surface area contributed by atoms with Crippen LogP contribution in [0.25, 0.3) is 0 Å². The summed E-state index contributed by atoms with van der Waals surface area (Å²) in [6.45, 7) is 7.19. The second-order valence-electron chi connectivity index (χ2n) is 5.92. The summed E-state index contributed by atoms with van der Waals surface area (Å²) in [5.41, 5.74) is 1.26. The van der Waals surface area contributed by atoms with Crippen molar-refractivity contribution in [1.82, 2.24) is 20.2 Å². The van der Waals surface area contributed by atoms with Crippen molar-refractivity contribution in [2.45, 2.75) is 44.9 Å². The minimum absolute atomic E-state index is 0.0436. The number of carbonyl (C=O) groups is 1. The molecular formula is C17H25N5O2S. The van der Waals surface area contributed by atoms with Gasteiger partial charge in [0, 0.05) is 6.54 Å². The molecule has 0 aliphatic rings. The van der Waals surface area contributed by atoms with Crippen molar-refractivity contribution in [3.05, 3.63) is 35.7 Å². The summed E-state index contributed by atoms with van der Waals surface area (Å²) < 4.78 is 7.07. The van der Waals surface area contributed by atoms with E-state index in [1.165, 1.54) is 22.0 Å². The van der Waals surface area contributed by atoms with E-state index < -0.39 is 0 Å². The van der Waals surface area contributed by atoms with Gasteiger partial charge in [-0.2, -0.15) is 0 Å². The van der Waals surface area contributed by atoms with Crippen LogP contribution in [-0.2, 0) is 11.4 Å². The number of nitrogens with one attached hydrogen (secondary N) is 1. The van der Waals surface area contributed by atoms with Crippen LogP contribution in [0, 0.1) is 0 Å². The highest BCUT2D eigenvalue weighted by molar-refractivity contribution is 7.99. The summed E-state index contributed by atoms with van der Waals surface area (Å²) in [5, 5.41) is 11.3. The minimum atomic E-state index is -0.0436. The first-order valence-electron chi connectivity index (χ1n) is 8.32. The van der Waals surface area contributed by atoms with Gasteiger partial charge in [0.2, 0.25) is 11.1 Å². The van der Waals surface area contributed by atoms with Crippen molar-refractivity contribution in [3.63, 3.8) is 0 Å². The number of hydrogen-bond donors (Lipinski definition) is 2. The number of nitrogen functional groups attached to an aromatic ring is 1. The van der Waals surface area contributed by atoms with Gasteiger partial charge < -0.3 is 15.9 Å². The van der Waals surface area contributed by atoms with Crippen LogP contribution < -0.4 is 15.9 Å². The van der Waals surface area contributed by atoms with Crippen LogP contribution in [0.2, 0.25) is 0 Å². The zero-order valence-corrected chi connectivity index (χ0v) is 15.7. The Morgan fingerprint density at radius 3 is 2.68 bits per heavy atom. The molecule has 0 aliphatic carbocycles. The van der Waals surface area contributed by atoms with E-state index in [0.717, 1.165) is 12.2 Å². The van der Waals surface area contributed by atoms with E-state index in [0.29, 0.717) is 23.4 Å². The monoisotopic (exact) mass is 363 g/mol. The number of amides is 1. The minimum Gasteiger partial charge on any atom is -0.486 e. The number of aromatic nitrogens is 3. The summed E-state index contributed by atoms with van der Waals surface area (Å²) in [4.78, 5) is 11.6. The van der Waals surface area contributed by atoms with Gasteiger partial charge in [0.1, 0.15) is 12.4 Å². The van der Waals surface area contributed by atoms with Crippen molar-refractivity contribution < 1.29 is 9.53 Å². The molecule has 1 amide bonds. The molecule has 1 aromatic carbocycles.